The Morgan fingerprint density at radius 3 is 2.58 bits per heavy atom. The van der Waals surface area contributed by atoms with E-state index in [0.29, 0.717) is 12.1 Å². The van der Waals surface area contributed by atoms with E-state index in [2.05, 4.69) is 56.9 Å². The van der Waals surface area contributed by atoms with Crippen LogP contribution < -0.4 is 10.6 Å². The third-order valence-corrected chi connectivity index (χ3v) is 6.50. The fraction of sp³-hybridized carbons (Fsp3) is 0.737. The van der Waals surface area contributed by atoms with Crippen molar-refractivity contribution in [2.75, 3.05) is 40.3 Å². The topological polar surface area (TPSA) is 42.9 Å². The molecular formula is C19H34IN5S. The zero-order chi connectivity index (χ0) is 17.6. The zero-order valence-electron chi connectivity index (χ0n) is 16.3. The highest BCUT2D eigenvalue weighted by Gasteiger charge is 2.29. The van der Waals surface area contributed by atoms with Gasteiger partial charge in [-0.25, -0.2) is 0 Å². The van der Waals surface area contributed by atoms with Crippen LogP contribution in [0.5, 0.6) is 0 Å². The predicted molar refractivity (Wildman–Crippen MR) is 123 cm³/mol. The summed E-state index contributed by atoms with van der Waals surface area (Å²) in [6.07, 6.45) is 5.35. The number of likely N-dealkylation sites (N-methyl/N-ethyl adjacent to an activating group) is 1. The molecule has 7 heteroatoms. The van der Waals surface area contributed by atoms with Gasteiger partial charge in [0.2, 0.25) is 0 Å². The second-order valence-corrected chi connectivity index (χ2v) is 8.33. The van der Waals surface area contributed by atoms with Crippen LogP contribution in [0.25, 0.3) is 0 Å². The number of nitrogens with one attached hydrogen (secondary N) is 2. The molecule has 1 saturated heterocycles. The van der Waals surface area contributed by atoms with Crippen molar-refractivity contribution in [1.82, 2.24) is 20.4 Å². The molecule has 3 rings (SSSR count). The van der Waals surface area contributed by atoms with Crippen molar-refractivity contribution in [2.45, 2.75) is 50.7 Å². The lowest BCUT2D eigenvalue weighted by molar-refractivity contribution is 0.244. The first-order valence-corrected chi connectivity index (χ1v) is 10.5. The molecule has 148 valence electrons. The molecule has 1 aliphatic carbocycles. The molecule has 2 fully saturated rings. The first-order chi connectivity index (χ1) is 12.2. The number of aliphatic imine (C=N–C) groups is 1. The highest BCUT2D eigenvalue weighted by atomic mass is 127. The number of halogens is 1. The number of hydrogen-bond donors (Lipinski definition) is 2. The molecule has 2 unspecified atom stereocenters. The van der Waals surface area contributed by atoms with Crippen molar-refractivity contribution in [1.29, 1.82) is 0 Å². The average Bonchev–Trinajstić information content (AvgIpc) is 3.10. The van der Waals surface area contributed by atoms with Gasteiger partial charge in [-0.2, -0.15) is 0 Å². The molecular weight excluding hydrogens is 457 g/mol. The van der Waals surface area contributed by atoms with Crippen LogP contribution in [0.15, 0.2) is 22.5 Å². The molecule has 0 amide bonds. The largest absolute Gasteiger partial charge is 0.355 e. The third-order valence-electron chi connectivity index (χ3n) is 5.52. The lowest BCUT2D eigenvalue weighted by Gasteiger charge is -2.28. The molecule has 0 spiro atoms. The van der Waals surface area contributed by atoms with Gasteiger partial charge >= 0.3 is 0 Å². The summed E-state index contributed by atoms with van der Waals surface area (Å²) in [7, 11) is 4.10. The van der Waals surface area contributed by atoms with E-state index in [1.54, 1.807) is 0 Å². The standard InChI is InChI=1S/C19H33N5S.HI/c1-15(23(3)16-8-9-16)13-21-19(20-2)22-14-17(18-7-6-12-25-18)24-10-4-5-11-24;/h6-7,12,15-17H,4-5,8-11,13-14H2,1-3H3,(H2,20,21,22);1H. The van der Waals surface area contributed by atoms with Gasteiger partial charge in [-0.15, -0.1) is 35.3 Å². The molecule has 2 heterocycles. The minimum Gasteiger partial charge on any atom is -0.355 e. The Morgan fingerprint density at radius 1 is 1.31 bits per heavy atom. The Labute approximate surface area is 179 Å². The van der Waals surface area contributed by atoms with Gasteiger partial charge < -0.3 is 10.6 Å². The van der Waals surface area contributed by atoms with Crippen LogP contribution in [0, 0.1) is 0 Å². The zero-order valence-corrected chi connectivity index (χ0v) is 19.4. The van der Waals surface area contributed by atoms with Crippen LogP contribution in [0.2, 0.25) is 0 Å². The Morgan fingerprint density at radius 2 is 2.00 bits per heavy atom. The van der Waals surface area contributed by atoms with Crippen LogP contribution in [0.3, 0.4) is 0 Å². The van der Waals surface area contributed by atoms with Gasteiger partial charge in [-0.3, -0.25) is 14.8 Å². The molecule has 1 aromatic rings. The maximum Gasteiger partial charge on any atom is 0.191 e. The highest BCUT2D eigenvalue weighted by Crippen LogP contribution is 2.28. The van der Waals surface area contributed by atoms with Crippen LogP contribution in [0.1, 0.15) is 43.5 Å². The lowest BCUT2D eigenvalue weighted by Crippen LogP contribution is -2.47. The maximum absolute atomic E-state index is 4.42. The minimum atomic E-state index is 0. The van der Waals surface area contributed by atoms with Gasteiger partial charge in [0.1, 0.15) is 0 Å². The molecule has 5 nitrogen and oxygen atoms in total. The molecule has 0 bridgehead atoms. The molecule has 2 atom stereocenters. The molecule has 2 aliphatic rings. The molecule has 1 aliphatic heterocycles. The number of nitrogens with zero attached hydrogens (tertiary/aromatic N) is 3. The number of rotatable bonds is 8. The number of hydrogen-bond acceptors (Lipinski definition) is 4. The minimum absolute atomic E-state index is 0. The van der Waals surface area contributed by atoms with E-state index in [4.69, 9.17) is 0 Å². The van der Waals surface area contributed by atoms with E-state index in [1.807, 2.05) is 18.4 Å². The van der Waals surface area contributed by atoms with Gasteiger partial charge in [0.25, 0.3) is 0 Å². The summed E-state index contributed by atoms with van der Waals surface area (Å²) in [4.78, 5) is 11.0. The van der Waals surface area contributed by atoms with Crippen molar-refractivity contribution in [3.63, 3.8) is 0 Å². The normalized spacial score (nSPS) is 20.7. The quantitative estimate of drug-likeness (QED) is 0.333. The van der Waals surface area contributed by atoms with E-state index in [-0.39, 0.29) is 24.0 Å². The summed E-state index contributed by atoms with van der Waals surface area (Å²) < 4.78 is 0. The van der Waals surface area contributed by atoms with Crippen LogP contribution >= 0.6 is 35.3 Å². The van der Waals surface area contributed by atoms with Crippen molar-refractivity contribution in [3.05, 3.63) is 22.4 Å². The monoisotopic (exact) mass is 491 g/mol. The summed E-state index contributed by atoms with van der Waals surface area (Å²) in [5.74, 6) is 0.914. The number of likely N-dealkylation sites (tertiary alicyclic amines) is 1. The maximum atomic E-state index is 4.42. The van der Waals surface area contributed by atoms with Crippen LogP contribution in [0.4, 0.5) is 0 Å². The second-order valence-electron chi connectivity index (χ2n) is 7.35. The molecule has 0 aromatic carbocycles. The molecule has 26 heavy (non-hydrogen) atoms. The summed E-state index contributed by atoms with van der Waals surface area (Å²) in [6, 6.07) is 6.19. The van der Waals surface area contributed by atoms with Gasteiger partial charge in [-0.1, -0.05) is 6.07 Å². The average molecular weight is 491 g/mol. The molecule has 0 radical (unpaired) electrons. The van der Waals surface area contributed by atoms with E-state index in [0.717, 1.165) is 25.1 Å². The Hall–Kier alpha value is -0.380. The van der Waals surface area contributed by atoms with Gasteiger partial charge in [0.15, 0.2) is 5.96 Å². The molecule has 1 saturated carbocycles. The fourth-order valence-electron chi connectivity index (χ4n) is 3.59. The van der Waals surface area contributed by atoms with E-state index in [1.165, 1.54) is 43.6 Å². The Bertz CT molecular complexity index is 540. The molecule has 2 N–H and O–H groups in total. The molecule has 1 aromatic heterocycles. The van der Waals surface area contributed by atoms with E-state index < -0.39 is 0 Å². The van der Waals surface area contributed by atoms with E-state index >= 15 is 0 Å². The van der Waals surface area contributed by atoms with Gasteiger partial charge in [-0.05, 0) is 64.2 Å². The second kappa shape index (κ2) is 10.8. The summed E-state index contributed by atoms with van der Waals surface area (Å²) in [5.41, 5.74) is 0. The number of guanidine groups is 1. The summed E-state index contributed by atoms with van der Waals surface area (Å²) in [5, 5.41) is 9.25. The van der Waals surface area contributed by atoms with Gasteiger partial charge in [0, 0.05) is 37.1 Å². The van der Waals surface area contributed by atoms with Crippen molar-refractivity contribution < 1.29 is 0 Å². The lowest BCUT2D eigenvalue weighted by atomic mass is 10.2. The highest BCUT2D eigenvalue weighted by molar-refractivity contribution is 14.0. The first kappa shape index (κ1) is 21.9. The number of thiophene rings is 1. The van der Waals surface area contributed by atoms with Gasteiger partial charge in [0.05, 0.1) is 6.04 Å². The predicted octanol–water partition coefficient (Wildman–Crippen LogP) is 3.15. The van der Waals surface area contributed by atoms with Crippen LogP contribution in [-0.4, -0.2) is 68.1 Å². The fourth-order valence-corrected chi connectivity index (χ4v) is 4.45. The van der Waals surface area contributed by atoms with Crippen molar-refractivity contribution >= 4 is 41.3 Å². The third kappa shape index (κ3) is 6.07. The SMILES string of the molecule is CN=C(NCC(c1cccs1)N1CCCC1)NCC(C)N(C)C1CC1.I. The van der Waals surface area contributed by atoms with Crippen molar-refractivity contribution in [2.24, 2.45) is 4.99 Å². The van der Waals surface area contributed by atoms with E-state index in [9.17, 15) is 0 Å². The van der Waals surface area contributed by atoms with Crippen molar-refractivity contribution in [3.8, 4) is 0 Å². The summed E-state index contributed by atoms with van der Waals surface area (Å²) >= 11 is 1.86. The first-order valence-electron chi connectivity index (χ1n) is 9.63. The summed E-state index contributed by atoms with van der Waals surface area (Å²) in [6.45, 7) is 6.54. The van der Waals surface area contributed by atoms with Crippen LogP contribution in [-0.2, 0) is 0 Å². The Balaban J connectivity index is 0.00000243. The smallest absolute Gasteiger partial charge is 0.191 e. The Kier molecular flexibility index (Phi) is 9.12.